The van der Waals surface area contributed by atoms with E-state index >= 15 is 0 Å². The summed E-state index contributed by atoms with van der Waals surface area (Å²) in [7, 11) is 0. The molecule has 1 aliphatic heterocycles. The van der Waals surface area contributed by atoms with Gasteiger partial charge in [-0.15, -0.1) is 0 Å². The molecule has 1 fully saturated rings. The number of primary amides is 1. The molecule has 1 aromatic heterocycles. The second-order valence-electron chi connectivity index (χ2n) is 4.20. The molecule has 0 aliphatic carbocycles. The van der Waals surface area contributed by atoms with Gasteiger partial charge in [0.25, 0.3) is 5.91 Å². The molecular weight excluding hydrogens is 272 g/mol. The fourth-order valence-corrected chi connectivity index (χ4v) is 2.04. The Hall–Kier alpha value is -2.01. The first kappa shape index (κ1) is 14.4. The molecule has 0 radical (unpaired) electrons. The predicted molar refractivity (Wildman–Crippen MR) is 63.4 cm³/mol. The monoisotopic (exact) mass is 286 g/mol. The van der Waals surface area contributed by atoms with Crippen LogP contribution in [0.1, 0.15) is 16.7 Å². The molecule has 10 nitrogen and oxygen atoms in total. The lowest BCUT2D eigenvalue weighted by atomic mass is 10.1. The number of carbonyl (C=O) groups is 2. The maximum absolute atomic E-state index is 11.2. The van der Waals surface area contributed by atoms with Gasteiger partial charge < -0.3 is 31.1 Å². The van der Waals surface area contributed by atoms with Crippen molar-refractivity contribution < 1.29 is 29.6 Å². The number of hydrogen-bond donors (Lipinski definition) is 5. The predicted octanol–water partition coefficient (Wildman–Crippen LogP) is -2.84. The first-order valence-electron chi connectivity index (χ1n) is 5.70. The van der Waals surface area contributed by atoms with Gasteiger partial charge in [-0.2, -0.15) is 0 Å². The van der Waals surface area contributed by atoms with Gasteiger partial charge in [0.05, 0.1) is 12.9 Å². The normalized spacial score (nSPS) is 29.4. The SMILES string of the molecule is NC(=O)c1ncn([C@@H]2O[C@@H](CO)[C@@H](O)[C@H]2O)c1NC=O. The average molecular weight is 286 g/mol. The largest absolute Gasteiger partial charge is 0.394 e. The van der Waals surface area contributed by atoms with Crippen LogP contribution in [0.4, 0.5) is 5.82 Å². The number of amides is 2. The smallest absolute Gasteiger partial charge is 0.271 e. The van der Waals surface area contributed by atoms with Crippen molar-refractivity contribution in [1.82, 2.24) is 9.55 Å². The molecule has 10 heteroatoms. The number of imidazole rings is 1. The highest BCUT2D eigenvalue weighted by Crippen LogP contribution is 2.32. The van der Waals surface area contributed by atoms with Crippen LogP contribution in [0.2, 0.25) is 0 Å². The van der Waals surface area contributed by atoms with Crippen LogP contribution in [0.15, 0.2) is 6.33 Å². The summed E-state index contributed by atoms with van der Waals surface area (Å²) in [4.78, 5) is 25.5. The van der Waals surface area contributed by atoms with Crippen molar-refractivity contribution in [2.45, 2.75) is 24.5 Å². The van der Waals surface area contributed by atoms with Crippen LogP contribution < -0.4 is 11.1 Å². The van der Waals surface area contributed by atoms with Crippen molar-refractivity contribution >= 4 is 18.1 Å². The molecule has 0 saturated carbocycles. The summed E-state index contributed by atoms with van der Waals surface area (Å²) < 4.78 is 6.42. The maximum Gasteiger partial charge on any atom is 0.271 e. The van der Waals surface area contributed by atoms with Crippen molar-refractivity contribution in [2.75, 3.05) is 11.9 Å². The highest BCUT2D eigenvalue weighted by atomic mass is 16.6. The summed E-state index contributed by atoms with van der Waals surface area (Å²) in [5, 5.41) is 30.8. The quantitative estimate of drug-likeness (QED) is 0.364. The lowest BCUT2D eigenvalue weighted by molar-refractivity contribution is -0.105. The molecule has 0 bridgehead atoms. The Balaban J connectivity index is 2.38. The van der Waals surface area contributed by atoms with Crippen molar-refractivity contribution in [3.63, 3.8) is 0 Å². The van der Waals surface area contributed by atoms with Crippen LogP contribution in [0.3, 0.4) is 0 Å². The minimum atomic E-state index is -1.37. The highest BCUT2D eigenvalue weighted by Gasteiger charge is 2.44. The van der Waals surface area contributed by atoms with Crippen LogP contribution in [0.5, 0.6) is 0 Å². The van der Waals surface area contributed by atoms with E-state index in [9.17, 15) is 19.8 Å². The molecule has 6 N–H and O–H groups in total. The van der Waals surface area contributed by atoms with Crippen LogP contribution in [0.25, 0.3) is 0 Å². The zero-order chi connectivity index (χ0) is 14.9. The standard InChI is InChI=1S/C10H14N4O6/c11-8(19)5-9(13-3-16)14(2-12-5)10-7(18)6(17)4(1-15)20-10/h2-4,6-7,10,15,17-18H,1H2,(H2,11,19)(H,13,16)/t4-,6+,7+,10+/m0/s1. The van der Waals surface area contributed by atoms with E-state index in [1.54, 1.807) is 0 Å². The minimum absolute atomic E-state index is 0.0673. The molecule has 2 heterocycles. The van der Waals surface area contributed by atoms with Gasteiger partial charge in [0.15, 0.2) is 11.9 Å². The Labute approximate surface area is 112 Å². The second kappa shape index (κ2) is 5.54. The second-order valence-corrected chi connectivity index (χ2v) is 4.20. The fraction of sp³-hybridized carbons (Fsp3) is 0.500. The number of aliphatic hydroxyl groups is 3. The van der Waals surface area contributed by atoms with E-state index < -0.39 is 37.1 Å². The molecule has 0 spiro atoms. The van der Waals surface area contributed by atoms with Gasteiger partial charge in [0.2, 0.25) is 6.41 Å². The van der Waals surface area contributed by atoms with Gasteiger partial charge in [-0.3, -0.25) is 14.2 Å². The Morgan fingerprint density at radius 2 is 2.25 bits per heavy atom. The number of carbonyl (C=O) groups excluding carboxylic acids is 2. The molecule has 20 heavy (non-hydrogen) atoms. The van der Waals surface area contributed by atoms with Gasteiger partial charge >= 0.3 is 0 Å². The summed E-state index contributed by atoms with van der Waals surface area (Å²) in [6.45, 7) is -0.497. The first-order chi connectivity index (χ1) is 9.51. The van der Waals surface area contributed by atoms with Crippen molar-refractivity contribution in [3.05, 3.63) is 12.0 Å². The third kappa shape index (κ3) is 2.25. The number of anilines is 1. The molecule has 2 amide bonds. The summed E-state index contributed by atoms with van der Waals surface area (Å²) in [6, 6.07) is 0. The van der Waals surface area contributed by atoms with Crippen LogP contribution in [0, 0.1) is 0 Å². The van der Waals surface area contributed by atoms with E-state index in [-0.39, 0.29) is 11.5 Å². The van der Waals surface area contributed by atoms with Gasteiger partial charge in [0.1, 0.15) is 24.1 Å². The topological polar surface area (TPSA) is 160 Å². The lowest BCUT2D eigenvalue weighted by Gasteiger charge is -2.18. The number of nitrogens with two attached hydrogens (primary N) is 1. The van der Waals surface area contributed by atoms with E-state index in [0.717, 1.165) is 10.9 Å². The van der Waals surface area contributed by atoms with E-state index in [1.807, 2.05) is 0 Å². The third-order valence-electron chi connectivity index (χ3n) is 3.01. The zero-order valence-electron chi connectivity index (χ0n) is 10.2. The van der Waals surface area contributed by atoms with Gasteiger partial charge in [-0.25, -0.2) is 4.98 Å². The van der Waals surface area contributed by atoms with Gasteiger partial charge in [0, 0.05) is 0 Å². The van der Waals surface area contributed by atoms with E-state index in [4.69, 9.17) is 15.6 Å². The lowest BCUT2D eigenvalue weighted by Crippen LogP contribution is -2.33. The average Bonchev–Trinajstić information content (AvgIpc) is 2.94. The first-order valence-corrected chi connectivity index (χ1v) is 5.70. The van der Waals surface area contributed by atoms with E-state index in [1.165, 1.54) is 0 Å². The van der Waals surface area contributed by atoms with E-state index in [0.29, 0.717) is 6.41 Å². The van der Waals surface area contributed by atoms with Crippen molar-refractivity contribution in [3.8, 4) is 0 Å². The summed E-state index contributed by atoms with van der Waals surface area (Å²) in [6.07, 6.45) is -3.35. The Morgan fingerprint density at radius 3 is 2.75 bits per heavy atom. The number of nitrogens with one attached hydrogen (secondary N) is 1. The number of nitrogens with zero attached hydrogens (tertiary/aromatic N) is 2. The number of hydrogen-bond acceptors (Lipinski definition) is 7. The molecule has 0 unspecified atom stereocenters. The zero-order valence-corrected chi connectivity index (χ0v) is 10.2. The minimum Gasteiger partial charge on any atom is -0.394 e. The molecule has 110 valence electrons. The van der Waals surface area contributed by atoms with E-state index in [2.05, 4.69) is 10.3 Å². The van der Waals surface area contributed by atoms with Crippen LogP contribution in [-0.2, 0) is 9.53 Å². The Morgan fingerprint density at radius 1 is 1.55 bits per heavy atom. The number of rotatable bonds is 5. The molecule has 1 saturated heterocycles. The molecular formula is C10H14N4O6. The summed E-state index contributed by atoms with van der Waals surface area (Å²) in [5.74, 6) is -0.942. The van der Waals surface area contributed by atoms with Crippen LogP contribution in [-0.4, -0.2) is 62.1 Å². The summed E-state index contributed by atoms with van der Waals surface area (Å²) in [5.41, 5.74) is 4.90. The van der Waals surface area contributed by atoms with Crippen molar-refractivity contribution in [1.29, 1.82) is 0 Å². The number of aliphatic hydroxyl groups excluding tert-OH is 3. The van der Waals surface area contributed by atoms with Crippen LogP contribution >= 0.6 is 0 Å². The highest BCUT2D eigenvalue weighted by molar-refractivity contribution is 5.97. The molecule has 1 aliphatic rings. The Kier molecular flexibility index (Phi) is 3.99. The van der Waals surface area contributed by atoms with Crippen molar-refractivity contribution in [2.24, 2.45) is 5.73 Å². The number of ether oxygens (including phenoxy) is 1. The van der Waals surface area contributed by atoms with Gasteiger partial charge in [-0.1, -0.05) is 0 Å². The Bertz CT molecular complexity index is 518. The molecule has 4 atom stereocenters. The number of aromatic nitrogens is 2. The summed E-state index contributed by atoms with van der Waals surface area (Å²) >= 11 is 0. The molecule has 2 rings (SSSR count). The fourth-order valence-electron chi connectivity index (χ4n) is 2.04. The third-order valence-corrected chi connectivity index (χ3v) is 3.01. The molecule has 1 aromatic rings. The molecule has 0 aromatic carbocycles. The maximum atomic E-state index is 11.2. The van der Waals surface area contributed by atoms with Gasteiger partial charge in [-0.05, 0) is 0 Å².